The van der Waals surface area contributed by atoms with Gasteiger partial charge in [0.2, 0.25) is 0 Å². The largest absolute Gasteiger partial charge is 0.338 e. The van der Waals surface area contributed by atoms with Gasteiger partial charge in [-0.25, -0.2) is 4.98 Å². The third kappa shape index (κ3) is 3.85. The number of nitrogens with one attached hydrogen (secondary N) is 1. The molecule has 1 aromatic rings. The number of aromatic nitrogens is 2. The van der Waals surface area contributed by atoms with Gasteiger partial charge in [0.15, 0.2) is 0 Å². The van der Waals surface area contributed by atoms with Gasteiger partial charge in [-0.3, -0.25) is 0 Å². The fourth-order valence-corrected chi connectivity index (χ4v) is 3.75. The fraction of sp³-hybridized carbons (Fsp3) is 0.824. The molecule has 0 amide bonds. The second kappa shape index (κ2) is 7.26. The predicted molar refractivity (Wildman–Crippen MR) is 84.7 cm³/mol. The van der Waals surface area contributed by atoms with Crippen molar-refractivity contribution in [3.8, 4) is 0 Å². The molecular weight excluding hydrogens is 246 g/mol. The van der Waals surface area contributed by atoms with Crippen LogP contribution in [0.25, 0.3) is 0 Å². The molecule has 1 heterocycles. The minimum atomic E-state index is 0.653. The van der Waals surface area contributed by atoms with Crippen LogP contribution in [-0.2, 0) is 13.5 Å². The van der Waals surface area contributed by atoms with Crippen LogP contribution in [-0.4, -0.2) is 22.6 Å². The Kier molecular flexibility index (Phi) is 5.64. The van der Waals surface area contributed by atoms with Gasteiger partial charge in [-0.1, -0.05) is 13.8 Å². The maximum absolute atomic E-state index is 4.44. The molecule has 1 fully saturated rings. The number of aryl methyl sites for hydroxylation is 2. The van der Waals surface area contributed by atoms with Crippen molar-refractivity contribution in [1.82, 2.24) is 14.9 Å². The fourth-order valence-electron chi connectivity index (χ4n) is 3.75. The van der Waals surface area contributed by atoms with Gasteiger partial charge in [0.05, 0.1) is 0 Å². The van der Waals surface area contributed by atoms with E-state index in [9.17, 15) is 0 Å². The molecule has 0 aliphatic heterocycles. The molecule has 1 saturated carbocycles. The first-order chi connectivity index (χ1) is 9.61. The second-order valence-corrected chi connectivity index (χ2v) is 6.81. The van der Waals surface area contributed by atoms with Crippen molar-refractivity contribution in [3.05, 3.63) is 18.2 Å². The molecule has 0 spiro atoms. The average molecular weight is 277 g/mol. The minimum Gasteiger partial charge on any atom is -0.338 e. The maximum atomic E-state index is 4.44. The lowest BCUT2D eigenvalue weighted by molar-refractivity contribution is 0.187. The summed E-state index contributed by atoms with van der Waals surface area (Å²) in [5, 5.41) is 3.56. The number of imidazole rings is 1. The zero-order valence-electron chi connectivity index (χ0n) is 13.6. The molecule has 3 heteroatoms. The Morgan fingerprint density at radius 3 is 2.40 bits per heavy atom. The third-order valence-corrected chi connectivity index (χ3v) is 5.30. The number of nitrogens with zero attached hydrogens (tertiary/aromatic N) is 2. The van der Waals surface area contributed by atoms with E-state index in [4.69, 9.17) is 0 Å². The van der Waals surface area contributed by atoms with Crippen LogP contribution in [0.5, 0.6) is 0 Å². The molecule has 1 N–H and O–H groups in total. The predicted octanol–water partition coefficient (Wildman–Crippen LogP) is 3.40. The highest BCUT2D eigenvalue weighted by molar-refractivity contribution is 4.93. The second-order valence-electron chi connectivity index (χ2n) is 6.81. The van der Waals surface area contributed by atoms with E-state index in [0.717, 1.165) is 24.2 Å². The van der Waals surface area contributed by atoms with Crippen LogP contribution >= 0.6 is 0 Å². The Bertz CT molecular complexity index is 389. The third-order valence-electron chi connectivity index (χ3n) is 5.30. The summed E-state index contributed by atoms with van der Waals surface area (Å²) in [6, 6.07) is 0.653. The maximum Gasteiger partial charge on any atom is 0.108 e. The normalized spacial score (nSPS) is 25.1. The average Bonchev–Trinajstić information content (AvgIpc) is 2.85. The molecular formula is C17H31N3. The molecule has 2 rings (SSSR count). The number of hydrogen-bond acceptors (Lipinski definition) is 2. The molecule has 0 bridgehead atoms. The van der Waals surface area contributed by atoms with E-state index < -0.39 is 0 Å². The summed E-state index contributed by atoms with van der Waals surface area (Å²) in [5.74, 6) is 3.88. The summed E-state index contributed by atoms with van der Waals surface area (Å²) in [4.78, 5) is 4.44. The Morgan fingerprint density at radius 2 is 1.90 bits per heavy atom. The van der Waals surface area contributed by atoms with E-state index >= 15 is 0 Å². The van der Waals surface area contributed by atoms with Crippen LogP contribution in [0.15, 0.2) is 12.4 Å². The SMILES string of the molecule is CNC(CCc1nccn1C)C1CCC(C(C)C)CC1. The zero-order chi connectivity index (χ0) is 14.5. The first-order valence-corrected chi connectivity index (χ1v) is 8.25. The molecule has 1 aromatic heterocycles. The van der Waals surface area contributed by atoms with Crippen molar-refractivity contribution in [2.24, 2.45) is 24.8 Å². The van der Waals surface area contributed by atoms with Gasteiger partial charge in [-0.15, -0.1) is 0 Å². The number of hydrogen-bond donors (Lipinski definition) is 1. The molecule has 0 saturated heterocycles. The van der Waals surface area contributed by atoms with Gasteiger partial charge < -0.3 is 9.88 Å². The van der Waals surface area contributed by atoms with Gasteiger partial charge in [-0.05, 0) is 56.9 Å². The lowest BCUT2D eigenvalue weighted by atomic mass is 9.74. The van der Waals surface area contributed by atoms with Crippen LogP contribution in [0, 0.1) is 17.8 Å². The molecule has 1 unspecified atom stereocenters. The van der Waals surface area contributed by atoms with Gasteiger partial charge in [0.1, 0.15) is 5.82 Å². The standard InChI is InChI=1S/C17H31N3/c1-13(2)14-5-7-15(8-6-14)16(18-3)9-10-17-19-11-12-20(17)4/h11-16,18H,5-10H2,1-4H3. The Balaban J connectivity index is 1.82. The van der Waals surface area contributed by atoms with Gasteiger partial charge >= 0.3 is 0 Å². The smallest absolute Gasteiger partial charge is 0.108 e. The van der Waals surface area contributed by atoms with Gasteiger partial charge in [-0.2, -0.15) is 0 Å². The molecule has 1 atom stereocenters. The van der Waals surface area contributed by atoms with E-state index in [1.165, 1.54) is 37.9 Å². The molecule has 1 aliphatic rings. The topological polar surface area (TPSA) is 29.9 Å². The Hall–Kier alpha value is -0.830. The summed E-state index contributed by atoms with van der Waals surface area (Å²) in [7, 11) is 4.21. The molecule has 0 aromatic carbocycles. The van der Waals surface area contributed by atoms with Crippen molar-refractivity contribution < 1.29 is 0 Å². The molecule has 1 aliphatic carbocycles. The number of rotatable bonds is 6. The van der Waals surface area contributed by atoms with Crippen LogP contribution in [0.2, 0.25) is 0 Å². The van der Waals surface area contributed by atoms with E-state index in [2.05, 4.69) is 42.8 Å². The summed E-state index contributed by atoms with van der Waals surface area (Å²) < 4.78 is 2.14. The Morgan fingerprint density at radius 1 is 1.25 bits per heavy atom. The highest BCUT2D eigenvalue weighted by Gasteiger charge is 2.27. The lowest BCUT2D eigenvalue weighted by Gasteiger charge is -2.35. The first-order valence-electron chi connectivity index (χ1n) is 8.25. The summed E-state index contributed by atoms with van der Waals surface area (Å²) >= 11 is 0. The molecule has 0 radical (unpaired) electrons. The molecule has 114 valence electrons. The summed E-state index contributed by atoms with van der Waals surface area (Å²) in [6.07, 6.45) is 11.9. The van der Waals surface area contributed by atoms with Crippen molar-refractivity contribution >= 4 is 0 Å². The van der Waals surface area contributed by atoms with E-state index in [1.54, 1.807) is 0 Å². The summed E-state index contributed by atoms with van der Waals surface area (Å²) in [5.41, 5.74) is 0. The summed E-state index contributed by atoms with van der Waals surface area (Å²) in [6.45, 7) is 4.75. The van der Waals surface area contributed by atoms with Crippen LogP contribution in [0.4, 0.5) is 0 Å². The van der Waals surface area contributed by atoms with Crippen molar-refractivity contribution in [2.75, 3.05) is 7.05 Å². The minimum absolute atomic E-state index is 0.653. The Labute approximate surface area is 124 Å². The van der Waals surface area contributed by atoms with Crippen molar-refractivity contribution in [1.29, 1.82) is 0 Å². The monoisotopic (exact) mass is 277 g/mol. The van der Waals surface area contributed by atoms with Gasteiger partial charge in [0.25, 0.3) is 0 Å². The van der Waals surface area contributed by atoms with Crippen molar-refractivity contribution in [2.45, 2.75) is 58.4 Å². The highest BCUT2D eigenvalue weighted by Crippen LogP contribution is 2.35. The molecule has 20 heavy (non-hydrogen) atoms. The van der Waals surface area contributed by atoms with Crippen LogP contribution in [0.3, 0.4) is 0 Å². The van der Waals surface area contributed by atoms with Crippen LogP contribution in [0.1, 0.15) is 51.8 Å². The van der Waals surface area contributed by atoms with E-state index in [-0.39, 0.29) is 0 Å². The zero-order valence-corrected chi connectivity index (χ0v) is 13.6. The van der Waals surface area contributed by atoms with E-state index in [0.29, 0.717) is 6.04 Å². The van der Waals surface area contributed by atoms with Crippen LogP contribution < -0.4 is 5.32 Å². The van der Waals surface area contributed by atoms with Crippen molar-refractivity contribution in [3.63, 3.8) is 0 Å². The lowest BCUT2D eigenvalue weighted by Crippen LogP contribution is -2.37. The first kappa shape index (κ1) is 15.6. The van der Waals surface area contributed by atoms with Gasteiger partial charge in [0, 0.05) is 31.9 Å². The van der Waals surface area contributed by atoms with E-state index in [1.807, 2.05) is 12.4 Å². The highest BCUT2D eigenvalue weighted by atomic mass is 15.0. The molecule has 3 nitrogen and oxygen atoms in total. The quantitative estimate of drug-likeness (QED) is 0.863.